The number of aromatic nitrogens is 1. The smallest absolute Gasteiger partial charge is 0.351 e. The third-order valence-corrected chi connectivity index (χ3v) is 2.25. The van der Waals surface area contributed by atoms with Crippen molar-refractivity contribution in [1.82, 2.24) is 4.98 Å². The minimum absolute atomic E-state index is 0.147. The molecule has 0 spiro atoms. The zero-order valence-electron chi connectivity index (χ0n) is 9.98. The summed E-state index contributed by atoms with van der Waals surface area (Å²) in [4.78, 5) is 16.1. The summed E-state index contributed by atoms with van der Waals surface area (Å²) in [6.45, 7) is 3.88. The number of anilines is 1. The summed E-state index contributed by atoms with van der Waals surface area (Å²) in [5.41, 5.74) is 0.111. The minimum Gasteiger partial charge on any atom is -0.496 e. The molecule has 0 aliphatic carbocycles. The van der Waals surface area contributed by atoms with Crippen LogP contribution in [0.5, 0.6) is 5.75 Å². The monoisotopic (exact) mass is 234 g/mol. The van der Waals surface area contributed by atoms with E-state index in [1.807, 2.05) is 13.8 Å². The lowest BCUT2D eigenvalue weighted by Gasteiger charge is -2.08. The van der Waals surface area contributed by atoms with Crippen LogP contribution in [0.2, 0.25) is 0 Å². The van der Waals surface area contributed by atoms with Crippen molar-refractivity contribution in [3.05, 3.63) is 28.6 Å². The summed E-state index contributed by atoms with van der Waals surface area (Å²) < 4.78 is 10.2. The van der Waals surface area contributed by atoms with Gasteiger partial charge in [-0.3, -0.25) is 0 Å². The van der Waals surface area contributed by atoms with Crippen molar-refractivity contribution in [1.29, 1.82) is 0 Å². The van der Waals surface area contributed by atoms with Gasteiger partial charge < -0.3 is 14.5 Å². The first-order valence-corrected chi connectivity index (χ1v) is 5.36. The quantitative estimate of drug-likeness (QED) is 0.880. The summed E-state index contributed by atoms with van der Waals surface area (Å²) in [6, 6.07) is 5.61. The second kappa shape index (κ2) is 4.45. The first-order valence-electron chi connectivity index (χ1n) is 5.36. The Morgan fingerprint density at radius 2 is 2.18 bits per heavy atom. The third kappa shape index (κ3) is 2.22. The molecule has 0 amide bonds. The maximum absolute atomic E-state index is 11.8. The van der Waals surface area contributed by atoms with E-state index in [-0.39, 0.29) is 12.1 Å². The maximum atomic E-state index is 11.8. The Hall–Kier alpha value is -2.04. The Morgan fingerprint density at radius 3 is 2.82 bits per heavy atom. The van der Waals surface area contributed by atoms with Crippen LogP contribution < -0.4 is 15.7 Å². The molecule has 5 heteroatoms. The van der Waals surface area contributed by atoms with Crippen molar-refractivity contribution in [2.75, 3.05) is 12.4 Å². The number of hydrogen-bond donors (Lipinski definition) is 1. The lowest BCUT2D eigenvalue weighted by Crippen LogP contribution is -2.14. The molecule has 1 N–H and O–H groups in total. The van der Waals surface area contributed by atoms with Gasteiger partial charge in [0.2, 0.25) is 0 Å². The predicted octanol–water partition coefficient (Wildman–Crippen LogP) is 2.02. The van der Waals surface area contributed by atoms with Crippen LogP contribution >= 0.6 is 0 Å². The highest BCUT2D eigenvalue weighted by Gasteiger charge is 2.11. The van der Waals surface area contributed by atoms with Crippen molar-refractivity contribution < 1.29 is 9.15 Å². The van der Waals surface area contributed by atoms with Gasteiger partial charge in [-0.1, -0.05) is 6.07 Å². The van der Waals surface area contributed by atoms with E-state index in [4.69, 9.17) is 9.15 Å². The van der Waals surface area contributed by atoms with E-state index in [1.165, 1.54) is 7.11 Å². The normalized spacial score (nSPS) is 10.8. The fourth-order valence-corrected chi connectivity index (χ4v) is 1.57. The van der Waals surface area contributed by atoms with Crippen LogP contribution in [0.1, 0.15) is 13.8 Å². The molecule has 0 radical (unpaired) electrons. The van der Waals surface area contributed by atoms with E-state index in [1.54, 1.807) is 18.2 Å². The Morgan fingerprint density at radius 1 is 1.41 bits per heavy atom. The summed E-state index contributed by atoms with van der Waals surface area (Å²) in [6.07, 6.45) is 0. The molecule has 2 aromatic rings. The summed E-state index contributed by atoms with van der Waals surface area (Å²) in [7, 11) is 1.51. The van der Waals surface area contributed by atoms with Gasteiger partial charge in [0.25, 0.3) is 6.01 Å². The Balaban J connectivity index is 2.63. The fraction of sp³-hybridized carbons (Fsp3) is 0.333. The number of nitrogens with zero attached hydrogens (tertiary/aromatic N) is 1. The van der Waals surface area contributed by atoms with Crippen LogP contribution in [-0.2, 0) is 0 Å². The van der Waals surface area contributed by atoms with E-state index in [9.17, 15) is 4.79 Å². The summed E-state index contributed by atoms with van der Waals surface area (Å²) >= 11 is 0. The molecule has 17 heavy (non-hydrogen) atoms. The molecule has 0 fully saturated rings. The average Bonchev–Trinajstić information content (AvgIpc) is 2.27. The molecule has 0 bridgehead atoms. The van der Waals surface area contributed by atoms with E-state index in [2.05, 4.69) is 10.3 Å². The second-order valence-corrected chi connectivity index (χ2v) is 3.96. The molecule has 0 saturated carbocycles. The zero-order chi connectivity index (χ0) is 12.4. The highest BCUT2D eigenvalue weighted by Crippen LogP contribution is 2.21. The van der Waals surface area contributed by atoms with Crippen LogP contribution in [0.3, 0.4) is 0 Å². The Kier molecular flexibility index (Phi) is 2.99. The number of hydrogen-bond acceptors (Lipinski definition) is 5. The van der Waals surface area contributed by atoms with Crippen molar-refractivity contribution >= 4 is 16.9 Å². The average molecular weight is 234 g/mol. The van der Waals surface area contributed by atoms with Crippen LogP contribution in [0, 0.1) is 0 Å². The van der Waals surface area contributed by atoms with Crippen LogP contribution in [0.15, 0.2) is 27.4 Å². The first-order chi connectivity index (χ1) is 8.11. The molecule has 0 saturated heterocycles. The van der Waals surface area contributed by atoms with Gasteiger partial charge in [0, 0.05) is 6.04 Å². The molecule has 0 atom stereocenters. The summed E-state index contributed by atoms with van der Waals surface area (Å²) in [5.74, 6) is 0.472. The molecule has 90 valence electrons. The van der Waals surface area contributed by atoms with Crippen molar-refractivity contribution in [3.8, 4) is 5.75 Å². The first kappa shape index (κ1) is 11.4. The van der Waals surface area contributed by atoms with Crippen molar-refractivity contribution in [3.63, 3.8) is 0 Å². The minimum atomic E-state index is -0.449. The van der Waals surface area contributed by atoms with Gasteiger partial charge in [0.1, 0.15) is 11.1 Å². The molecule has 0 aliphatic rings. The van der Waals surface area contributed by atoms with Gasteiger partial charge in [0.05, 0.1) is 12.6 Å². The maximum Gasteiger partial charge on any atom is 0.351 e. The molecule has 1 aromatic heterocycles. The highest BCUT2D eigenvalue weighted by atomic mass is 16.5. The van der Waals surface area contributed by atoms with E-state index in [0.717, 1.165) is 0 Å². The number of methoxy groups -OCH3 is 1. The number of ether oxygens (including phenoxy) is 1. The number of fused-ring (bicyclic) bond motifs is 1. The van der Waals surface area contributed by atoms with Gasteiger partial charge in [-0.05, 0) is 26.0 Å². The predicted molar refractivity (Wildman–Crippen MR) is 65.6 cm³/mol. The highest BCUT2D eigenvalue weighted by molar-refractivity contribution is 5.84. The Labute approximate surface area is 98.4 Å². The molecule has 0 aliphatic heterocycles. The lowest BCUT2D eigenvalue weighted by molar-refractivity contribution is 0.416. The van der Waals surface area contributed by atoms with Gasteiger partial charge in [-0.15, -0.1) is 0 Å². The van der Waals surface area contributed by atoms with Crippen LogP contribution in [-0.4, -0.2) is 18.1 Å². The molecule has 5 nitrogen and oxygen atoms in total. The largest absolute Gasteiger partial charge is 0.496 e. The fourth-order valence-electron chi connectivity index (χ4n) is 1.57. The van der Waals surface area contributed by atoms with E-state index < -0.39 is 5.63 Å². The topological polar surface area (TPSA) is 64.4 Å². The lowest BCUT2D eigenvalue weighted by atomic mass is 10.2. The molecular formula is C12H14N2O3. The molecular weight excluding hydrogens is 220 g/mol. The van der Waals surface area contributed by atoms with Gasteiger partial charge in [0.15, 0.2) is 0 Å². The van der Waals surface area contributed by atoms with E-state index in [0.29, 0.717) is 16.7 Å². The Bertz CT molecular complexity index is 590. The van der Waals surface area contributed by atoms with Crippen molar-refractivity contribution in [2.24, 2.45) is 0 Å². The second-order valence-electron chi connectivity index (χ2n) is 3.96. The van der Waals surface area contributed by atoms with Crippen LogP contribution in [0.4, 0.5) is 6.01 Å². The molecule has 1 aromatic carbocycles. The summed E-state index contributed by atoms with van der Waals surface area (Å²) in [5, 5.41) is 3.32. The van der Waals surface area contributed by atoms with Gasteiger partial charge in [-0.25, -0.2) is 4.79 Å². The van der Waals surface area contributed by atoms with Gasteiger partial charge >= 0.3 is 5.63 Å². The standard InChI is InChI=1S/C12H14N2O3/c1-7(2)13-12-14-8-5-4-6-9(16-3)10(8)11(15)17-12/h4-7H,1-3H3,(H,13,14). The number of rotatable bonds is 3. The number of nitrogens with one attached hydrogen (secondary N) is 1. The zero-order valence-corrected chi connectivity index (χ0v) is 9.98. The SMILES string of the molecule is COc1cccc2nc(NC(C)C)oc(=O)c12. The number of benzene rings is 1. The van der Waals surface area contributed by atoms with Gasteiger partial charge in [-0.2, -0.15) is 4.98 Å². The van der Waals surface area contributed by atoms with E-state index >= 15 is 0 Å². The molecule has 0 unspecified atom stereocenters. The van der Waals surface area contributed by atoms with Crippen molar-refractivity contribution in [2.45, 2.75) is 19.9 Å². The van der Waals surface area contributed by atoms with Crippen LogP contribution in [0.25, 0.3) is 10.9 Å². The molecule has 1 heterocycles. The third-order valence-electron chi connectivity index (χ3n) is 2.25. The molecule has 2 rings (SSSR count).